The Morgan fingerprint density at radius 3 is 2.68 bits per heavy atom. The Kier molecular flexibility index (Phi) is 3.88. The lowest BCUT2D eigenvalue weighted by atomic mass is 10.1. The van der Waals surface area contributed by atoms with Gasteiger partial charge in [-0.25, -0.2) is 4.98 Å². The molecule has 126 valence electrons. The first kappa shape index (κ1) is 15.6. The minimum absolute atomic E-state index is 0.353. The topological polar surface area (TPSA) is 41.1 Å². The molecule has 0 saturated heterocycles. The first-order chi connectivity index (χ1) is 12.1. The fourth-order valence-electron chi connectivity index (χ4n) is 3.47. The van der Waals surface area contributed by atoms with Crippen LogP contribution in [0.1, 0.15) is 23.7 Å². The van der Waals surface area contributed by atoms with Crippen LogP contribution in [0.3, 0.4) is 0 Å². The van der Waals surface area contributed by atoms with Crippen LogP contribution < -0.4 is 10.2 Å². The molecule has 1 N–H and O–H groups in total. The normalized spacial score (nSPS) is 16.0. The van der Waals surface area contributed by atoms with Crippen LogP contribution in [-0.2, 0) is 6.42 Å². The number of hydrogen-bond donors (Lipinski definition) is 1. The van der Waals surface area contributed by atoms with Gasteiger partial charge in [-0.2, -0.15) is 4.98 Å². The van der Waals surface area contributed by atoms with Gasteiger partial charge in [0.05, 0.1) is 0 Å². The minimum atomic E-state index is 0.353. The van der Waals surface area contributed by atoms with Gasteiger partial charge in [0.2, 0.25) is 5.95 Å². The minimum Gasteiger partial charge on any atom is -0.340 e. The van der Waals surface area contributed by atoms with E-state index >= 15 is 0 Å². The molecule has 2 aromatic carbocycles. The van der Waals surface area contributed by atoms with Gasteiger partial charge in [0.25, 0.3) is 0 Å². The van der Waals surface area contributed by atoms with E-state index in [0.717, 1.165) is 29.6 Å². The second kappa shape index (κ2) is 6.20. The largest absolute Gasteiger partial charge is 0.340 e. The molecule has 1 aromatic heterocycles. The molecule has 1 atom stereocenters. The number of hydrogen-bond acceptors (Lipinski definition) is 4. The maximum Gasteiger partial charge on any atom is 0.232 e. The molecule has 0 saturated carbocycles. The molecule has 4 rings (SSSR count). The van der Waals surface area contributed by atoms with Gasteiger partial charge >= 0.3 is 0 Å². The summed E-state index contributed by atoms with van der Waals surface area (Å²) in [6.45, 7) is 6.32. The highest BCUT2D eigenvalue weighted by Gasteiger charge is 2.28. The molecule has 0 aliphatic carbocycles. The number of benzene rings is 2. The fraction of sp³-hybridized carbons (Fsp3) is 0.238. The molecule has 2 heterocycles. The van der Waals surface area contributed by atoms with Crippen LogP contribution >= 0.6 is 0 Å². The first-order valence-electron chi connectivity index (χ1n) is 8.67. The molecular formula is C21H22N4. The van der Waals surface area contributed by atoms with Gasteiger partial charge in [-0.1, -0.05) is 30.3 Å². The van der Waals surface area contributed by atoms with Gasteiger partial charge in [-0.3, -0.25) is 0 Å². The third-order valence-corrected chi connectivity index (χ3v) is 4.56. The monoisotopic (exact) mass is 330 g/mol. The average molecular weight is 330 g/mol. The quantitative estimate of drug-likeness (QED) is 0.740. The molecule has 0 bridgehead atoms. The van der Waals surface area contributed by atoms with E-state index in [4.69, 9.17) is 9.97 Å². The van der Waals surface area contributed by atoms with Crippen molar-refractivity contribution < 1.29 is 0 Å². The maximum atomic E-state index is 4.79. The maximum absolute atomic E-state index is 4.79. The molecule has 1 aliphatic rings. The second-order valence-electron chi connectivity index (χ2n) is 6.74. The van der Waals surface area contributed by atoms with Crippen molar-refractivity contribution in [3.63, 3.8) is 0 Å². The summed E-state index contributed by atoms with van der Waals surface area (Å²) in [5.74, 6) is 1.58. The number of aryl methyl sites for hydroxylation is 2. The van der Waals surface area contributed by atoms with E-state index in [1.54, 1.807) is 0 Å². The molecular weight excluding hydrogens is 308 g/mol. The third-order valence-electron chi connectivity index (χ3n) is 4.56. The molecule has 1 aliphatic heterocycles. The Balaban J connectivity index is 1.71. The predicted octanol–water partition coefficient (Wildman–Crippen LogP) is 4.92. The summed E-state index contributed by atoms with van der Waals surface area (Å²) in [4.78, 5) is 11.7. The molecule has 0 amide bonds. The number of rotatable bonds is 3. The van der Waals surface area contributed by atoms with E-state index in [1.165, 1.54) is 16.8 Å². The first-order valence-corrected chi connectivity index (χ1v) is 8.67. The lowest BCUT2D eigenvalue weighted by Gasteiger charge is -2.23. The van der Waals surface area contributed by atoms with E-state index < -0.39 is 0 Å². The van der Waals surface area contributed by atoms with Gasteiger partial charge in [0.15, 0.2) is 0 Å². The van der Waals surface area contributed by atoms with Crippen molar-refractivity contribution in [2.45, 2.75) is 33.2 Å². The zero-order valence-electron chi connectivity index (χ0n) is 14.8. The molecule has 0 spiro atoms. The highest BCUT2D eigenvalue weighted by Crippen LogP contribution is 2.36. The smallest absolute Gasteiger partial charge is 0.232 e. The molecule has 4 nitrogen and oxygen atoms in total. The number of nitrogens with one attached hydrogen (secondary N) is 1. The summed E-state index contributed by atoms with van der Waals surface area (Å²) in [6, 6.07) is 19.1. The van der Waals surface area contributed by atoms with E-state index in [1.807, 2.05) is 19.1 Å². The summed E-state index contributed by atoms with van der Waals surface area (Å²) >= 11 is 0. The van der Waals surface area contributed by atoms with E-state index in [9.17, 15) is 0 Å². The third kappa shape index (κ3) is 3.07. The molecule has 25 heavy (non-hydrogen) atoms. The summed E-state index contributed by atoms with van der Waals surface area (Å²) in [5, 5.41) is 3.41. The van der Waals surface area contributed by atoms with Crippen molar-refractivity contribution in [3.05, 3.63) is 71.4 Å². The summed E-state index contributed by atoms with van der Waals surface area (Å²) in [6.07, 6.45) is 1.02. The van der Waals surface area contributed by atoms with Crippen molar-refractivity contribution in [1.82, 2.24) is 9.97 Å². The fourth-order valence-corrected chi connectivity index (χ4v) is 3.47. The van der Waals surface area contributed by atoms with Gasteiger partial charge < -0.3 is 10.2 Å². The summed E-state index contributed by atoms with van der Waals surface area (Å²) in [7, 11) is 0. The molecule has 4 heteroatoms. The molecule has 3 aromatic rings. The SMILES string of the molecule is Cc1cccc(Nc2cc(C)nc(N3c4ccccc4CC3C)n2)c1. The van der Waals surface area contributed by atoms with Crippen molar-refractivity contribution in [1.29, 1.82) is 0 Å². The molecule has 1 unspecified atom stereocenters. The predicted molar refractivity (Wildman–Crippen MR) is 103 cm³/mol. The van der Waals surface area contributed by atoms with Crippen LogP contribution in [0.2, 0.25) is 0 Å². The van der Waals surface area contributed by atoms with Crippen molar-refractivity contribution in [3.8, 4) is 0 Å². The van der Waals surface area contributed by atoms with Crippen molar-refractivity contribution in [2.24, 2.45) is 0 Å². The Morgan fingerprint density at radius 1 is 1.00 bits per heavy atom. The van der Waals surface area contributed by atoms with Crippen LogP contribution in [0.4, 0.5) is 23.1 Å². The van der Waals surface area contributed by atoms with Gasteiger partial charge in [-0.05, 0) is 56.5 Å². The van der Waals surface area contributed by atoms with Crippen molar-refractivity contribution >= 4 is 23.1 Å². The Labute approximate surface area is 148 Å². The average Bonchev–Trinajstić information content (AvgIpc) is 2.90. The van der Waals surface area contributed by atoms with Crippen LogP contribution in [-0.4, -0.2) is 16.0 Å². The van der Waals surface area contributed by atoms with E-state index in [0.29, 0.717) is 6.04 Å². The molecule has 0 radical (unpaired) electrons. The molecule has 0 fully saturated rings. The van der Waals surface area contributed by atoms with Crippen molar-refractivity contribution in [2.75, 3.05) is 10.2 Å². The van der Waals surface area contributed by atoms with E-state index in [2.05, 4.69) is 66.5 Å². The van der Waals surface area contributed by atoms with Gasteiger partial charge in [0, 0.05) is 29.2 Å². The number of fused-ring (bicyclic) bond motifs is 1. The zero-order valence-corrected chi connectivity index (χ0v) is 14.8. The highest BCUT2D eigenvalue weighted by atomic mass is 15.3. The summed E-state index contributed by atoms with van der Waals surface area (Å²) < 4.78 is 0. The second-order valence-corrected chi connectivity index (χ2v) is 6.74. The van der Waals surface area contributed by atoms with E-state index in [-0.39, 0.29) is 0 Å². The lowest BCUT2D eigenvalue weighted by Crippen LogP contribution is -2.26. The standard InChI is InChI=1S/C21H22N4/c1-14-7-6-9-18(11-14)23-20-12-15(2)22-21(24-20)25-16(3)13-17-8-4-5-10-19(17)25/h4-12,16H,13H2,1-3H3,(H,22,23,24). The Bertz CT molecular complexity index is 919. The van der Waals surface area contributed by atoms with Crippen LogP contribution in [0.5, 0.6) is 0 Å². The van der Waals surface area contributed by atoms with Crippen LogP contribution in [0.15, 0.2) is 54.6 Å². The Morgan fingerprint density at radius 2 is 1.84 bits per heavy atom. The number of para-hydroxylation sites is 1. The highest BCUT2D eigenvalue weighted by molar-refractivity contribution is 5.68. The van der Waals surface area contributed by atoms with Crippen LogP contribution in [0, 0.1) is 13.8 Å². The zero-order chi connectivity index (χ0) is 17.4. The number of nitrogens with zero attached hydrogens (tertiary/aromatic N) is 3. The van der Waals surface area contributed by atoms with Gasteiger partial charge in [-0.15, -0.1) is 0 Å². The van der Waals surface area contributed by atoms with Gasteiger partial charge in [0.1, 0.15) is 5.82 Å². The Hall–Kier alpha value is -2.88. The number of anilines is 4. The number of aromatic nitrogens is 2. The van der Waals surface area contributed by atoms with Crippen LogP contribution in [0.25, 0.3) is 0 Å². The lowest BCUT2D eigenvalue weighted by molar-refractivity contribution is 0.738. The summed E-state index contributed by atoms with van der Waals surface area (Å²) in [5.41, 5.74) is 5.78.